The van der Waals surface area contributed by atoms with Crippen molar-refractivity contribution in [2.24, 2.45) is 0 Å². The third kappa shape index (κ3) is 3.31. The highest BCUT2D eigenvalue weighted by Crippen LogP contribution is 2.21. The zero-order valence-electron chi connectivity index (χ0n) is 13.2. The second-order valence-electron chi connectivity index (χ2n) is 6.23. The second-order valence-corrected chi connectivity index (χ2v) is 6.96. The summed E-state index contributed by atoms with van der Waals surface area (Å²) in [7, 11) is 0. The van der Waals surface area contributed by atoms with Gasteiger partial charge in [0, 0.05) is 50.8 Å². The van der Waals surface area contributed by atoms with Gasteiger partial charge in [0.2, 0.25) is 11.1 Å². The molecule has 2 aliphatic rings. The Balaban J connectivity index is 1.36. The lowest BCUT2D eigenvalue weighted by Gasteiger charge is -2.34. The lowest BCUT2D eigenvalue weighted by molar-refractivity contribution is 0.249. The number of rotatable bonds is 3. The van der Waals surface area contributed by atoms with Crippen molar-refractivity contribution >= 4 is 22.6 Å². The Morgan fingerprint density at radius 1 is 1.17 bits per heavy atom. The van der Waals surface area contributed by atoms with E-state index in [1.54, 1.807) is 0 Å². The van der Waals surface area contributed by atoms with E-state index in [4.69, 9.17) is 5.73 Å². The van der Waals surface area contributed by atoms with Gasteiger partial charge in [-0.25, -0.2) is 0 Å². The summed E-state index contributed by atoms with van der Waals surface area (Å²) in [6.07, 6.45) is 1.15. The summed E-state index contributed by atoms with van der Waals surface area (Å²) in [5, 5.41) is 4.38. The molecule has 1 fully saturated rings. The highest BCUT2D eigenvalue weighted by Gasteiger charge is 2.20. The van der Waals surface area contributed by atoms with Crippen LogP contribution < -0.4 is 16.0 Å². The number of nitrogens with one attached hydrogen (secondary N) is 1. The molecule has 0 unspecified atom stereocenters. The van der Waals surface area contributed by atoms with Crippen LogP contribution in [0.1, 0.15) is 16.7 Å². The topological polar surface area (TPSA) is 70.3 Å². The normalized spacial score (nSPS) is 18.9. The van der Waals surface area contributed by atoms with Gasteiger partial charge >= 0.3 is 0 Å². The molecule has 3 N–H and O–H groups in total. The van der Waals surface area contributed by atoms with Gasteiger partial charge in [-0.3, -0.25) is 4.90 Å². The van der Waals surface area contributed by atoms with Crippen LogP contribution in [0.3, 0.4) is 0 Å². The van der Waals surface area contributed by atoms with Crippen molar-refractivity contribution in [3.8, 4) is 0 Å². The van der Waals surface area contributed by atoms with E-state index >= 15 is 0 Å². The molecule has 1 aromatic carbocycles. The number of hydrogen-bond acceptors (Lipinski definition) is 7. The Morgan fingerprint density at radius 3 is 2.83 bits per heavy atom. The van der Waals surface area contributed by atoms with Crippen molar-refractivity contribution < 1.29 is 0 Å². The minimum atomic E-state index is 0.385. The molecular formula is C16H22N6S. The summed E-state index contributed by atoms with van der Waals surface area (Å²) in [5.74, 6) is 0.385. The van der Waals surface area contributed by atoms with E-state index in [1.807, 2.05) is 0 Å². The zero-order valence-corrected chi connectivity index (χ0v) is 14.0. The van der Waals surface area contributed by atoms with Crippen LogP contribution in [-0.4, -0.2) is 47.0 Å². The molecular weight excluding hydrogens is 308 g/mol. The Bertz CT molecular complexity index is 677. The molecule has 0 saturated carbocycles. The molecule has 1 saturated heterocycles. The maximum Gasteiger partial charge on any atom is 0.233 e. The van der Waals surface area contributed by atoms with Crippen LogP contribution in [0.4, 0.5) is 11.1 Å². The Labute approximate surface area is 140 Å². The summed E-state index contributed by atoms with van der Waals surface area (Å²) in [6.45, 7) is 7.23. The van der Waals surface area contributed by atoms with Gasteiger partial charge in [-0.05, 0) is 29.7 Å². The van der Waals surface area contributed by atoms with Crippen LogP contribution in [0.25, 0.3) is 0 Å². The van der Waals surface area contributed by atoms with Crippen molar-refractivity contribution in [2.75, 3.05) is 43.4 Å². The van der Waals surface area contributed by atoms with Gasteiger partial charge in [0.25, 0.3) is 0 Å². The van der Waals surface area contributed by atoms with Gasteiger partial charge in [0.05, 0.1) is 0 Å². The third-order valence-corrected chi connectivity index (χ3v) is 5.43. The number of nitrogens with zero attached hydrogens (tertiary/aromatic N) is 4. The molecule has 0 aliphatic carbocycles. The van der Waals surface area contributed by atoms with E-state index < -0.39 is 0 Å². The molecule has 0 radical (unpaired) electrons. The van der Waals surface area contributed by atoms with E-state index in [1.165, 1.54) is 28.2 Å². The third-order valence-electron chi connectivity index (χ3n) is 4.64. The number of fused-ring (bicyclic) bond motifs is 1. The maximum absolute atomic E-state index is 5.62. The minimum Gasteiger partial charge on any atom is -0.367 e. The average molecular weight is 330 g/mol. The monoisotopic (exact) mass is 330 g/mol. The van der Waals surface area contributed by atoms with Crippen LogP contribution in [0.5, 0.6) is 0 Å². The van der Waals surface area contributed by atoms with Gasteiger partial charge in [0.15, 0.2) is 0 Å². The van der Waals surface area contributed by atoms with Gasteiger partial charge in [-0.2, -0.15) is 9.36 Å². The first-order chi connectivity index (χ1) is 11.3. The molecule has 0 atom stereocenters. The molecule has 0 bridgehead atoms. The van der Waals surface area contributed by atoms with E-state index in [9.17, 15) is 0 Å². The predicted octanol–water partition coefficient (Wildman–Crippen LogP) is 1.09. The largest absolute Gasteiger partial charge is 0.367 e. The van der Waals surface area contributed by atoms with E-state index in [0.29, 0.717) is 5.95 Å². The SMILES string of the molecule is Nc1nsc(N2CCN(Cc3ccc4c(c3)CCNC4)CC2)n1. The number of anilines is 2. The number of piperazine rings is 1. The number of nitrogen functional groups attached to an aromatic ring is 1. The first-order valence-electron chi connectivity index (χ1n) is 8.16. The first-order valence-corrected chi connectivity index (χ1v) is 8.93. The van der Waals surface area contributed by atoms with E-state index in [2.05, 4.69) is 42.7 Å². The molecule has 4 rings (SSSR count). The second kappa shape index (κ2) is 6.43. The maximum atomic E-state index is 5.62. The van der Waals surface area contributed by atoms with Crippen LogP contribution >= 0.6 is 11.5 Å². The fourth-order valence-corrected chi connectivity index (χ4v) is 3.99. The van der Waals surface area contributed by atoms with E-state index in [-0.39, 0.29) is 0 Å². The number of aromatic nitrogens is 2. The van der Waals surface area contributed by atoms with Gasteiger partial charge < -0.3 is 16.0 Å². The summed E-state index contributed by atoms with van der Waals surface area (Å²) >= 11 is 1.39. The van der Waals surface area contributed by atoms with Crippen molar-refractivity contribution in [1.29, 1.82) is 0 Å². The fourth-order valence-electron chi connectivity index (χ4n) is 3.34. The molecule has 6 nitrogen and oxygen atoms in total. The van der Waals surface area contributed by atoms with Crippen molar-refractivity contribution in [3.05, 3.63) is 34.9 Å². The molecule has 0 amide bonds. The molecule has 122 valence electrons. The standard InChI is InChI=1S/C16H22N6S/c17-15-19-16(23-20-15)22-7-5-21(6-8-22)11-12-1-2-14-10-18-4-3-13(14)9-12/h1-2,9,18H,3-8,10-11H2,(H2,17,20). The lowest BCUT2D eigenvalue weighted by Crippen LogP contribution is -2.46. The molecule has 23 heavy (non-hydrogen) atoms. The molecule has 0 spiro atoms. The average Bonchev–Trinajstić information content (AvgIpc) is 3.02. The zero-order chi connectivity index (χ0) is 15.6. The van der Waals surface area contributed by atoms with Crippen molar-refractivity contribution in [3.63, 3.8) is 0 Å². The number of nitrogens with two attached hydrogens (primary N) is 1. The summed E-state index contributed by atoms with van der Waals surface area (Å²) in [5.41, 5.74) is 10.0. The molecule has 2 aromatic rings. The molecule has 2 aliphatic heterocycles. The molecule has 7 heteroatoms. The van der Waals surface area contributed by atoms with E-state index in [0.717, 1.165) is 57.4 Å². The Kier molecular flexibility index (Phi) is 4.15. The quantitative estimate of drug-likeness (QED) is 0.878. The van der Waals surface area contributed by atoms with Crippen LogP contribution in [-0.2, 0) is 19.5 Å². The summed E-state index contributed by atoms with van der Waals surface area (Å²) in [4.78, 5) is 9.08. The highest BCUT2D eigenvalue weighted by atomic mass is 32.1. The minimum absolute atomic E-state index is 0.385. The van der Waals surface area contributed by atoms with Gasteiger partial charge in [-0.1, -0.05) is 18.2 Å². The van der Waals surface area contributed by atoms with Crippen molar-refractivity contribution in [1.82, 2.24) is 19.6 Å². The smallest absolute Gasteiger partial charge is 0.233 e. The predicted molar refractivity (Wildman–Crippen MR) is 93.7 cm³/mol. The van der Waals surface area contributed by atoms with Crippen molar-refractivity contribution in [2.45, 2.75) is 19.5 Å². The van der Waals surface area contributed by atoms with Crippen LogP contribution in [0, 0.1) is 0 Å². The molecule has 3 heterocycles. The lowest BCUT2D eigenvalue weighted by atomic mass is 9.98. The summed E-state index contributed by atoms with van der Waals surface area (Å²) in [6, 6.07) is 6.97. The molecule has 1 aromatic heterocycles. The van der Waals surface area contributed by atoms with Crippen LogP contribution in [0.2, 0.25) is 0 Å². The van der Waals surface area contributed by atoms with Gasteiger partial charge in [-0.15, -0.1) is 0 Å². The van der Waals surface area contributed by atoms with Crippen LogP contribution in [0.15, 0.2) is 18.2 Å². The van der Waals surface area contributed by atoms with Gasteiger partial charge in [0.1, 0.15) is 0 Å². The summed E-state index contributed by atoms with van der Waals surface area (Å²) < 4.78 is 4.07. The number of benzene rings is 1. The number of hydrogen-bond donors (Lipinski definition) is 2. The Morgan fingerprint density at radius 2 is 2.04 bits per heavy atom. The highest BCUT2D eigenvalue weighted by molar-refractivity contribution is 7.09. The Hall–Kier alpha value is -1.70. The first kappa shape index (κ1) is 14.9. The fraction of sp³-hybridized carbons (Fsp3) is 0.500.